The van der Waals surface area contributed by atoms with Crippen LogP contribution in [0.15, 0.2) is 28.2 Å². The predicted octanol–water partition coefficient (Wildman–Crippen LogP) is 3.84. The first kappa shape index (κ1) is 13.4. The summed E-state index contributed by atoms with van der Waals surface area (Å²) < 4.78 is 0.945. The van der Waals surface area contributed by atoms with Gasteiger partial charge in [0.15, 0.2) is 0 Å². The Balaban J connectivity index is 2.07. The molecule has 0 spiro atoms. The quantitative estimate of drug-likeness (QED) is 0.897. The first-order chi connectivity index (χ1) is 8.58. The lowest BCUT2D eigenvalue weighted by Crippen LogP contribution is -2.19. The second-order valence-electron chi connectivity index (χ2n) is 4.33. The van der Waals surface area contributed by atoms with Crippen LogP contribution in [0.5, 0.6) is 0 Å². The van der Waals surface area contributed by atoms with E-state index in [4.69, 9.17) is 5.73 Å². The number of rotatable bonds is 4. The van der Waals surface area contributed by atoms with Crippen LogP contribution < -0.4 is 11.1 Å². The number of hydrogen-bond acceptors (Lipinski definition) is 4. The molecule has 3 nitrogen and oxygen atoms in total. The van der Waals surface area contributed by atoms with Crippen LogP contribution >= 0.6 is 27.3 Å². The van der Waals surface area contributed by atoms with Crippen molar-refractivity contribution in [1.82, 2.24) is 4.98 Å². The summed E-state index contributed by atoms with van der Waals surface area (Å²) in [4.78, 5) is 5.70. The largest absolute Gasteiger partial charge is 0.397 e. The highest BCUT2D eigenvalue weighted by molar-refractivity contribution is 9.10. The van der Waals surface area contributed by atoms with Crippen LogP contribution in [-0.4, -0.2) is 11.0 Å². The van der Waals surface area contributed by atoms with Crippen molar-refractivity contribution < 1.29 is 0 Å². The van der Waals surface area contributed by atoms with Gasteiger partial charge in [-0.1, -0.05) is 6.07 Å². The smallest absolute Gasteiger partial charge is 0.140 e. The number of halogens is 1. The van der Waals surface area contributed by atoms with E-state index in [1.54, 1.807) is 17.5 Å². The van der Waals surface area contributed by atoms with Crippen LogP contribution in [0.25, 0.3) is 0 Å². The Hall–Kier alpha value is -1.07. The van der Waals surface area contributed by atoms with Gasteiger partial charge in [0.05, 0.1) is 16.4 Å². The molecule has 0 bridgehead atoms. The molecule has 1 unspecified atom stereocenters. The molecule has 0 saturated carbocycles. The van der Waals surface area contributed by atoms with Gasteiger partial charge < -0.3 is 11.1 Å². The fraction of sp³-hybridized carbons (Fsp3) is 0.308. The first-order valence-electron chi connectivity index (χ1n) is 5.77. The van der Waals surface area contributed by atoms with E-state index in [9.17, 15) is 0 Å². The Labute approximate surface area is 120 Å². The van der Waals surface area contributed by atoms with E-state index >= 15 is 0 Å². The highest BCUT2D eigenvalue weighted by atomic mass is 79.9. The third kappa shape index (κ3) is 3.03. The molecular formula is C13H16BrN3S. The van der Waals surface area contributed by atoms with E-state index in [0.29, 0.717) is 11.7 Å². The summed E-state index contributed by atoms with van der Waals surface area (Å²) in [5, 5.41) is 5.51. The van der Waals surface area contributed by atoms with E-state index in [1.807, 2.05) is 6.92 Å². The molecule has 0 saturated heterocycles. The summed E-state index contributed by atoms with van der Waals surface area (Å²) in [7, 11) is 0. The van der Waals surface area contributed by atoms with Crippen molar-refractivity contribution in [2.45, 2.75) is 26.3 Å². The zero-order valence-corrected chi connectivity index (χ0v) is 12.8. The molecular weight excluding hydrogens is 310 g/mol. The topological polar surface area (TPSA) is 50.9 Å². The average molecular weight is 326 g/mol. The van der Waals surface area contributed by atoms with E-state index in [0.717, 1.165) is 22.3 Å². The van der Waals surface area contributed by atoms with Crippen molar-refractivity contribution in [1.29, 1.82) is 0 Å². The van der Waals surface area contributed by atoms with E-state index < -0.39 is 0 Å². The number of nitrogens with zero attached hydrogens (tertiary/aromatic N) is 1. The summed E-state index contributed by atoms with van der Waals surface area (Å²) in [5.41, 5.74) is 7.54. The molecule has 0 aliphatic carbocycles. The lowest BCUT2D eigenvalue weighted by molar-refractivity contribution is 0.793. The number of aromatic nitrogens is 1. The summed E-state index contributed by atoms with van der Waals surface area (Å²) >= 11 is 5.31. The molecule has 2 heterocycles. The van der Waals surface area contributed by atoms with Crippen LogP contribution in [0.4, 0.5) is 11.5 Å². The molecule has 96 valence electrons. The Morgan fingerprint density at radius 2 is 2.33 bits per heavy atom. The minimum absolute atomic E-state index is 0.329. The molecule has 5 heteroatoms. The van der Waals surface area contributed by atoms with Crippen molar-refractivity contribution in [2.75, 3.05) is 11.1 Å². The monoisotopic (exact) mass is 325 g/mol. The fourth-order valence-electron chi connectivity index (χ4n) is 1.71. The third-order valence-electron chi connectivity index (χ3n) is 2.77. The number of nitrogens with two attached hydrogens (primary N) is 1. The van der Waals surface area contributed by atoms with Gasteiger partial charge in [-0.3, -0.25) is 0 Å². The standard InChI is InChI=1S/C13H16BrN3S/c1-8(6-10-4-3-5-18-10)17-13-12(14)9(2)11(15)7-16-13/h3-5,7-8H,6,15H2,1-2H3,(H,16,17). The van der Waals surface area contributed by atoms with Crippen LogP contribution in [0.2, 0.25) is 0 Å². The summed E-state index contributed by atoms with van der Waals surface area (Å²) in [5.74, 6) is 0.853. The third-order valence-corrected chi connectivity index (χ3v) is 4.64. The maximum absolute atomic E-state index is 5.81. The van der Waals surface area contributed by atoms with Gasteiger partial charge >= 0.3 is 0 Å². The Morgan fingerprint density at radius 1 is 1.56 bits per heavy atom. The van der Waals surface area contributed by atoms with E-state index in [2.05, 4.69) is 50.7 Å². The molecule has 18 heavy (non-hydrogen) atoms. The minimum atomic E-state index is 0.329. The second-order valence-corrected chi connectivity index (χ2v) is 6.16. The molecule has 0 aliphatic heterocycles. The molecule has 0 aliphatic rings. The van der Waals surface area contributed by atoms with E-state index in [1.165, 1.54) is 4.88 Å². The van der Waals surface area contributed by atoms with Gasteiger partial charge in [0, 0.05) is 17.3 Å². The van der Waals surface area contributed by atoms with Crippen LogP contribution in [0.3, 0.4) is 0 Å². The molecule has 0 radical (unpaired) electrons. The highest BCUT2D eigenvalue weighted by Gasteiger charge is 2.10. The molecule has 2 rings (SSSR count). The Bertz CT molecular complexity index is 525. The molecule has 3 N–H and O–H groups in total. The SMILES string of the molecule is Cc1c(N)cnc(NC(C)Cc2cccs2)c1Br. The number of anilines is 2. The van der Waals surface area contributed by atoms with Gasteiger partial charge in [-0.2, -0.15) is 0 Å². The number of nitrogen functional groups attached to an aromatic ring is 1. The van der Waals surface area contributed by atoms with Gasteiger partial charge in [-0.15, -0.1) is 11.3 Å². The van der Waals surface area contributed by atoms with Crippen molar-refractivity contribution in [3.05, 3.63) is 38.6 Å². The minimum Gasteiger partial charge on any atom is -0.397 e. The van der Waals surface area contributed by atoms with Crippen LogP contribution in [0, 0.1) is 6.92 Å². The van der Waals surface area contributed by atoms with Gasteiger partial charge in [0.25, 0.3) is 0 Å². The Morgan fingerprint density at radius 3 is 3.00 bits per heavy atom. The highest BCUT2D eigenvalue weighted by Crippen LogP contribution is 2.28. The second kappa shape index (κ2) is 5.71. The molecule has 0 amide bonds. The number of pyridine rings is 1. The van der Waals surface area contributed by atoms with Gasteiger partial charge in [0.1, 0.15) is 5.82 Å². The van der Waals surface area contributed by atoms with Crippen LogP contribution in [0.1, 0.15) is 17.4 Å². The van der Waals surface area contributed by atoms with Gasteiger partial charge in [0.2, 0.25) is 0 Å². The van der Waals surface area contributed by atoms with Crippen LogP contribution in [-0.2, 0) is 6.42 Å². The molecule has 0 fully saturated rings. The molecule has 1 atom stereocenters. The molecule has 2 aromatic rings. The number of hydrogen-bond donors (Lipinski definition) is 2. The normalized spacial score (nSPS) is 12.4. The van der Waals surface area contributed by atoms with E-state index in [-0.39, 0.29) is 0 Å². The first-order valence-corrected chi connectivity index (χ1v) is 7.44. The number of thiophene rings is 1. The Kier molecular flexibility index (Phi) is 4.24. The fourth-order valence-corrected chi connectivity index (χ4v) is 2.99. The van der Waals surface area contributed by atoms with Crippen molar-refractivity contribution in [3.8, 4) is 0 Å². The number of nitrogens with one attached hydrogen (secondary N) is 1. The summed E-state index contributed by atoms with van der Waals surface area (Å²) in [6, 6.07) is 4.56. The average Bonchev–Trinajstić information content (AvgIpc) is 2.83. The molecule has 2 aromatic heterocycles. The van der Waals surface area contributed by atoms with Crippen molar-refractivity contribution in [3.63, 3.8) is 0 Å². The maximum Gasteiger partial charge on any atom is 0.140 e. The molecule has 0 aromatic carbocycles. The zero-order chi connectivity index (χ0) is 13.1. The van der Waals surface area contributed by atoms with Gasteiger partial charge in [-0.05, 0) is 46.8 Å². The zero-order valence-electron chi connectivity index (χ0n) is 10.4. The lowest BCUT2D eigenvalue weighted by atomic mass is 10.2. The summed E-state index contributed by atoms with van der Waals surface area (Å²) in [6.45, 7) is 4.13. The van der Waals surface area contributed by atoms with Gasteiger partial charge in [-0.25, -0.2) is 4.98 Å². The van der Waals surface area contributed by atoms with Crippen molar-refractivity contribution in [2.24, 2.45) is 0 Å². The lowest BCUT2D eigenvalue weighted by Gasteiger charge is -2.16. The predicted molar refractivity (Wildman–Crippen MR) is 82.2 cm³/mol. The maximum atomic E-state index is 5.81. The van der Waals surface area contributed by atoms with Crippen molar-refractivity contribution >= 4 is 38.8 Å². The summed E-state index contributed by atoms with van der Waals surface area (Å²) in [6.07, 6.45) is 2.69.